The van der Waals surface area contributed by atoms with E-state index < -0.39 is 12.3 Å². The second kappa shape index (κ2) is 4.03. The predicted octanol–water partition coefficient (Wildman–Crippen LogP) is -2.52. The van der Waals surface area contributed by atoms with Gasteiger partial charge in [0.05, 0.1) is 6.61 Å². The number of aromatic nitrogens is 4. The van der Waals surface area contributed by atoms with Crippen molar-refractivity contribution in [3.63, 3.8) is 0 Å². The average Bonchev–Trinajstić information content (AvgIpc) is 2.93. The molecule has 0 unspecified atom stereocenters. The third kappa shape index (κ3) is 1.55. The minimum Gasteiger partial charge on any atom is -0.393 e. The molecule has 0 amide bonds. The zero-order valence-electron chi connectivity index (χ0n) is 9.13. The smallest absolute Gasteiger partial charge is 0.187 e. The molecule has 5 N–H and O–H groups in total. The molecular weight excluding hydrogens is 242 g/mol. The van der Waals surface area contributed by atoms with Gasteiger partial charge in [-0.05, 0) is 0 Å². The lowest BCUT2D eigenvalue weighted by molar-refractivity contribution is -0.0213. The van der Waals surface area contributed by atoms with Gasteiger partial charge >= 0.3 is 0 Å². The molecule has 0 radical (unpaired) electrons. The van der Waals surface area contributed by atoms with Crippen LogP contribution in [0.1, 0.15) is 0 Å². The number of nitrogens with one attached hydrogen (secondary N) is 1. The van der Waals surface area contributed by atoms with Gasteiger partial charge in [-0.1, -0.05) is 0 Å². The standard InChI is InChI=1S/C8H11N7O3/c9-6-5-7(11-2-10-6)14(3-12-5)15-13-8(17)4(1-16)18-15/h2-4,8,13,16-17H,1H2,(H2,9,10,11)/t4-,8-/m1/s1. The lowest BCUT2D eigenvalue weighted by Crippen LogP contribution is -2.42. The van der Waals surface area contributed by atoms with Crippen molar-refractivity contribution in [1.29, 1.82) is 0 Å². The number of hydrazine groups is 1. The molecule has 1 fully saturated rings. The van der Waals surface area contributed by atoms with Gasteiger partial charge in [-0.2, -0.15) is 10.1 Å². The Kier molecular flexibility index (Phi) is 2.48. The molecule has 3 heterocycles. The van der Waals surface area contributed by atoms with Crippen molar-refractivity contribution >= 4 is 17.0 Å². The van der Waals surface area contributed by atoms with Gasteiger partial charge in [0.2, 0.25) is 0 Å². The average molecular weight is 253 g/mol. The summed E-state index contributed by atoms with van der Waals surface area (Å²) in [6.07, 6.45) is 0.925. The summed E-state index contributed by atoms with van der Waals surface area (Å²) in [7, 11) is 0. The summed E-state index contributed by atoms with van der Waals surface area (Å²) in [5, 5.41) is 19.7. The molecule has 2 atom stereocenters. The summed E-state index contributed by atoms with van der Waals surface area (Å²) in [6, 6.07) is 0. The Bertz CT molecular complexity index is 573. The van der Waals surface area contributed by atoms with E-state index in [1.165, 1.54) is 17.3 Å². The minimum atomic E-state index is -1.02. The summed E-state index contributed by atoms with van der Waals surface area (Å²) < 4.78 is 1.41. The van der Waals surface area contributed by atoms with Crippen LogP contribution < -0.4 is 16.4 Å². The molecule has 0 spiro atoms. The summed E-state index contributed by atoms with van der Waals surface area (Å²) in [6.45, 7) is -0.325. The van der Waals surface area contributed by atoms with Crippen LogP contribution in [0.25, 0.3) is 11.2 Å². The highest BCUT2D eigenvalue weighted by atomic mass is 16.8. The van der Waals surface area contributed by atoms with Crippen LogP contribution in [0.15, 0.2) is 12.7 Å². The van der Waals surface area contributed by atoms with Gasteiger partial charge in [-0.3, -0.25) is 0 Å². The van der Waals surface area contributed by atoms with Crippen LogP contribution in [0.5, 0.6) is 0 Å². The topological polar surface area (TPSA) is 135 Å². The number of aliphatic hydroxyl groups is 2. The molecule has 10 heteroatoms. The lowest BCUT2D eigenvalue weighted by atomic mass is 10.3. The number of fused-ring (bicyclic) bond motifs is 1. The maximum Gasteiger partial charge on any atom is 0.187 e. The first kappa shape index (κ1) is 11.1. The maximum atomic E-state index is 9.56. The number of rotatable bonds is 2. The third-order valence-electron chi connectivity index (χ3n) is 2.55. The zero-order valence-corrected chi connectivity index (χ0v) is 9.13. The minimum absolute atomic E-state index is 0.247. The van der Waals surface area contributed by atoms with Crippen LogP contribution in [0.3, 0.4) is 0 Å². The van der Waals surface area contributed by atoms with Crippen LogP contribution in [-0.4, -0.2) is 48.8 Å². The molecule has 96 valence electrons. The van der Waals surface area contributed by atoms with Gasteiger partial charge in [0, 0.05) is 0 Å². The summed E-state index contributed by atoms with van der Waals surface area (Å²) in [5.41, 5.74) is 9.09. The number of anilines is 1. The molecule has 1 aliphatic heterocycles. The van der Waals surface area contributed by atoms with Crippen molar-refractivity contribution in [1.82, 2.24) is 25.1 Å². The Morgan fingerprint density at radius 2 is 2.28 bits per heavy atom. The van der Waals surface area contributed by atoms with E-state index in [1.54, 1.807) is 0 Å². The van der Waals surface area contributed by atoms with Crippen LogP contribution in [0, 0.1) is 0 Å². The van der Waals surface area contributed by atoms with Crippen molar-refractivity contribution < 1.29 is 15.1 Å². The number of nitrogens with zero attached hydrogens (tertiary/aromatic N) is 5. The first-order valence-electron chi connectivity index (χ1n) is 5.16. The number of hydrogen-bond donors (Lipinski definition) is 4. The molecular formula is C8H11N7O3. The SMILES string of the molecule is Nc1ncnc2c1ncn2N1N[C@H](O)[C@@H](CO)O1. The zero-order chi connectivity index (χ0) is 12.7. The molecule has 0 aliphatic carbocycles. The Balaban J connectivity index is 1.99. The van der Waals surface area contributed by atoms with E-state index in [2.05, 4.69) is 20.4 Å². The van der Waals surface area contributed by atoms with Crippen molar-refractivity contribution in [2.75, 3.05) is 17.6 Å². The van der Waals surface area contributed by atoms with E-state index in [0.29, 0.717) is 11.2 Å². The number of imidazole rings is 1. The molecule has 0 bridgehead atoms. The molecule has 18 heavy (non-hydrogen) atoms. The van der Waals surface area contributed by atoms with E-state index in [1.807, 2.05) is 0 Å². The van der Waals surface area contributed by atoms with E-state index in [-0.39, 0.29) is 12.4 Å². The third-order valence-corrected chi connectivity index (χ3v) is 2.55. The Labute approximate surface area is 101 Å². The fraction of sp³-hybridized carbons (Fsp3) is 0.375. The highest BCUT2D eigenvalue weighted by molar-refractivity contribution is 5.81. The quantitative estimate of drug-likeness (QED) is 0.457. The van der Waals surface area contributed by atoms with Crippen LogP contribution in [-0.2, 0) is 4.84 Å². The van der Waals surface area contributed by atoms with Crippen LogP contribution in [0.2, 0.25) is 0 Å². The van der Waals surface area contributed by atoms with Gasteiger partial charge in [-0.25, -0.2) is 19.8 Å². The predicted molar refractivity (Wildman–Crippen MR) is 59.1 cm³/mol. The van der Waals surface area contributed by atoms with Gasteiger partial charge in [-0.15, -0.1) is 5.28 Å². The maximum absolute atomic E-state index is 9.56. The Morgan fingerprint density at radius 3 is 3.00 bits per heavy atom. The normalized spacial score (nSPS) is 24.0. The van der Waals surface area contributed by atoms with E-state index in [0.717, 1.165) is 5.28 Å². The molecule has 3 rings (SSSR count). The highest BCUT2D eigenvalue weighted by Crippen LogP contribution is 2.16. The second-order valence-corrected chi connectivity index (χ2v) is 3.69. The summed E-state index contributed by atoms with van der Waals surface area (Å²) in [4.78, 5) is 17.1. The van der Waals surface area contributed by atoms with Crippen molar-refractivity contribution in [3.05, 3.63) is 12.7 Å². The largest absolute Gasteiger partial charge is 0.393 e. The lowest BCUT2D eigenvalue weighted by Gasteiger charge is -2.16. The Morgan fingerprint density at radius 1 is 1.44 bits per heavy atom. The monoisotopic (exact) mass is 253 g/mol. The first-order valence-corrected chi connectivity index (χ1v) is 5.16. The first-order chi connectivity index (χ1) is 8.70. The number of hydrogen-bond acceptors (Lipinski definition) is 9. The van der Waals surface area contributed by atoms with Gasteiger partial charge in [0.1, 0.15) is 12.7 Å². The van der Waals surface area contributed by atoms with Crippen LogP contribution >= 0.6 is 0 Å². The van der Waals surface area contributed by atoms with Crippen molar-refractivity contribution in [3.8, 4) is 0 Å². The molecule has 1 aliphatic rings. The summed E-state index contributed by atoms with van der Waals surface area (Å²) in [5.74, 6) is 0.247. The van der Waals surface area contributed by atoms with E-state index >= 15 is 0 Å². The molecule has 0 saturated carbocycles. The Hall–Kier alpha value is -2.01. The number of aliphatic hydroxyl groups excluding tert-OH is 2. The molecule has 2 aromatic rings. The van der Waals surface area contributed by atoms with Crippen LogP contribution in [0.4, 0.5) is 5.82 Å². The highest BCUT2D eigenvalue weighted by Gasteiger charge is 2.33. The number of nitrogens with two attached hydrogens (primary N) is 1. The van der Waals surface area contributed by atoms with Gasteiger partial charge < -0.3 is 15.9 Å². The fourth-order valence-corrected chi connectivity index (χ4v) is 1.63. The molecule has 1 saturated heterocycles. The second-order valence-electron chi connectivity index (χ2n) is 3.69. The van der Waals surface area contributed by atoms with E-state index in [9.17, 15) is 5.11 Å². The van der Waals surface area contributed by atoms with Gasteiger partial charge in [0.15, 0.2) is 29.3 Å². The van der Waals surface area contributed by atoms with Gasteiger partial charge in [0.25, 0.3) is 0 Å². The summed E-state index contributed by atoms with van der Waals surface area (Å²) >= 11 is 0. The van der Waals surface area contributed by atoms with Crippen molar-refractivity contribution in [2.24, 2.45) is 0 Å². The molecule has 2 aromatic heterocycles. The number of nitrogen functional groups attached to an aromatic ring is 1. The van der Waals surface area contributed by atoms with E-state index in [4.69, 9.17) is 15.7 Å². The fourth-order valence-electron chi connectivity index (χ4n) is 1.63. The molecule has 10 nitrogen and oxygen atoms in total. The van der Waals surface area contributed by atoms with Crippen molar-refractivity contribution in [2.45, 2.75) is 12.3 Å². The molecule has 0 aromatic carbocycles.